The monoisotopic (exact) mass is 404 g/mol. The minimum atomic E-state index is -1.01. The number of carbonyl (C=O) groups excluding carboxylic acids is 1. The molecule has 0 atom stereocenters. The summed E-state index contributed by atoms with van der Waals surface area (Å²) in [6.07, 6.45) is 17.6. The first-order valence-electron chi connectivity index (χ1n) is 11.4. The molecule has 160 valence electrons. The number of carbonyl (C=O) groups is 1. The third kappa shape index (κ3) is 6.38. The normalized spacial score (nSPS) is 27.8. The highest BCUT2D eigenvalue weighted by Crippen LogP contribution is 2.41. The molecule has 0 amide bonds. The van der Waals surface area contributed by atoms with Crippen LogP contribution in [0.3, 0.4) is 0 Å². The Morgan fingerprint density at radius 1 is 1.00 bits per heavy atom. The van der Waals surface area contributed by atoms with E-state index < -0.39 is 17.6 Å². The number of esters is 1. The van der Waals surface area contributed by atoms with Gasteiger partial charge in [-0.2, -0.15) is 0 Å². The van der Waals surface area contributed by atoms with Crippen LogP contribution in [0.2, 0.25) is 0 Å². The van der Waals surface area contributed by atoms with E-state index in [1.807, 2.05) is 0 Å². The van der Waals surface area contributed by atoms with E-state index in [2.05, 4.69) is 19.1 Å². The number of ether oxygens (including phenoxy) is 1. The van der Waals surface area contributed by atoms with Crippen molar-refractivity contribution in [2.45, 2.75) is 83.7 Å². The lowest BCUT2D eigenvalue weighted by molar-refractivity contribution is 0.0113. The molecule has 1 aromatic carbocycles. The van der Waals surface area contributed by atoms with Gasteiger partial charge in [0.15, 0.2) is 11.6 Å². The second-order valence-electron chi connectivity index (χ2n) is 8.82. The molecule has 0 radical (unpaired) electrons. The van der Waals surface area contributed by atoms with Gasteiger partial charge in [0.05, 0.1) is 5.56 Å². The molecular weight excluding hydrogens is 370 g/mol. The molecule has 0 saturated heterocycles. The lowest BCUT2D eigenvalue weighted by atomic mass is 9.70. The largest absolute Gasteiger partial charge is 0.459 e. The smallest absolute Gasteiger partial charge is 0.338 e. The molecular formula is C25H34F2O2. The van der Waals surface area contributed by atoms with Gasteiger partial charge in [0.2, 0.25) is 0 Å². The van der Waals surface area contributed by atoms with Gasteiger partial charge in [-0.1, -0.05) is 31.9 Å². The molecule has 2 fully saturated rings. The summed E-state index contributed by atoms with van der Waals surface area (Å²) in [4.78, 5) is 12.2. The molecule has 0 unspecified atom stereocenters. The van der Waals surface area contributed by atoms with Crippen molar-refractivity contribution in [1.29, 1.82) is 0 Å². The molecule has 4 heteroatoms. The van der Waals surface area contributed by atoms with Crippen molar-refractivity contribution in [1.82, 2.24) is 0 Å². The number of halogens is 2. The molecule has 2 saturated carbocycles. The Labute approximate surface area is 173 Å². The van der Waals surface area contributed by atoms with Gasteiger partial charge in [0.25, 0.3) is 0 Å². The summed E-state index contributed by atoms with van der Waals surface area (Å²) in [7, 11) is 0. The predicted octanol–water partition coefficient (Wildman–Crippen LogP) is 7.23. The quantitative estimate of drug-likeness (QED) is 0.272. The molecule has 0 aliphatic heterocycles. The molecule has 0 heterocycles. The zero-order valence-electron chi connectivity index (χ0n) is 17.5. The fraction of sp³-hybridized carbons (Fsp3) is 0.640. The standard InChI is InChI=1S/C25H34F2O2/c1-2-3-4-5-6-18-7-9-19(10-8-18)20-11-14-22(15-12-20)29-25(28)21-13-16-23(26)24(27)17-21/h5-6,13,16-20,22H,2-4,7-12,14-15H2,1H3/b6-5+/t18-,19-,20?,22?. The van der Waals surface area contributed by atoms with Gasteiger partial charge < -0.3 is 4.74 Å². The summed E-state index contributed by atoms with van der Waals surface area (Å²) in [6.45, 7) is 2.23. The van der Waals surface area contributed by atoms with Crippen LogP contribution in [0.1, 0.15) is 87.9 Å². The van der Waals surface area contributed by atoms with Crippen LogP contribution in [-0.2, 0) is 4.74 Å². The first-order valence-corrected chi connectivity index (χ1v) is 11.4. The van der Waals surface area contributed by atoms with E-state index in [-0.39, 0.29) is 11.7 Å². The number of allylic oxidation sites excluding steroid dienone is 2. The summed E-state index contributed by atoms with van der Waals surface area (Å²) in [5, 5.41) is 0. The maximum absolute atomic E-state index is 13.3. The van der Waals surface area contributed by atoms with Gasteiger partial charge in [0, 0.05) is 0 Å². The van der Waals surface area contributed by atoms with Crippen LogP contribution in [0, 0.1) is 29.4 Å². The molecule has 29 heavy (non-hydrogen) atoms. The number of unbranched alkanes of at least 4 members (excludes halogenated alkanes) is 2. The zero-order valence-corrected chi connectivity index (χ0v) is 17.5. The molecule has 2 aliphatic carbocycles. The van der Waals surface area contributed by atoms with E-state index in [4.69, 9.17) is 4.74 Å². The van der Waals surface area contributed by atoms with Gasteiger partial charge in [-0.15, -0.1) is 0 Å². The molecule has 2 nitrogen and oxygen atoms in total. The predicted molar refractivity (Wildman–Crippen MR) is 112 cm³/mol. The van der Waals surface area contributed by atoms with Crippen molar-refractivity contribution in [3.8, 4) is 0 Å². The van der Waals surface area contributed by atoms with Crippen LogP contribution in [0.15, 0.2) is 30.4 Å². The number of rotatable bonds is 7. The SMILES string of the molecule is CCCC/C=C/[C@H]1CC[C@H](C2CCC(OC(=O)c3ccc(F)c(F)c3)CC2)CC1. The number of hydrogen-bond acceptors (Lipinski definition) is 2. The minimum absolute atomic E-state index is 0.0799. The van der Waals surface area contributed by atoms with Crippen molar-refractivity contribution < 1.29 is 18.3 Å². The number of benzene rings is 1. The van der Waals surface area contributed by atoms with E-state index >= 15 is 0 Å². The molecule has 0 bridgehead atoms. The van der Waals surface area contributed by atoms with E-state index in [1.165, 1.54) is 51.0 Å². The van der Waals surface area contributed by atoms with E-state index in [1.54, 1.807) is 0 Å². The van der Waals surface area contributed by atoms with Gasteiger partial charge in [-0.3, -0.25) is 0 Å². The highest BCUT2D eigenvalue weighted by Gasteiger charge is 2.31. The topological polar surface area (TPSA) is 26.3 Å². The molecule has 0 N–H and O–H groups in total. The maximum atomic E-state index is 13.3. The highest BCUT2D eigenvalue weighted by molar-refractivity contribution is 5.89. The average Bonchev–Trinajstić information content (AvgIpc) is 2.74. The van der Waals surface area contributed by atoms with Crippen molar-refractivity contribution in [2.24, 2.45) is 17.8 Å². The number of hydrogen-bond donors (Lipinski definition) is 0. The van der Waals surface area contributed by atoms with Gasteiger partial charge >= 0.3 is 5.97 Å². The molecule has 0 aromatic heterocycles. The van der Waals surface area contributed by atoms with Crippen molar-refractivity contribution in [3.05, 3.63) is 47.5 Å². The summed E-state index contributed by atoms with van der Waals surface area (Å²) >= 11 is 0. The van der Waals surface area contributed by atoms with Crippen molar-refractivity contribution >= 4 is 5.97 Å². The summed E-state index contributed by atoms with van der Waals surface area (Å²) < 4.78 is 31.9. The Hall–Kier alpha value is -1.71. The van der Waals surface area contributed by atoms with Crippen LogP contribution in [0.25, 0.3) is 0 Å². The lowest BCUT2D eigenvalue weighted by Gasteiger charge is -2.37. The zero-order chi connectivity index (χ0) is 20.6. The van der Waals surface area contributed by atoms with E-state index in [9.17, 15) is 13.6 Å². The van der Waals surface area contributed by atoms with Crippen LogP contribution in [-0.4, -0.2) is 12.1 Å². The first kappa shape index (κ1) is 22.0. The molecule has 0 spiro atoms. The van der Waals surface area contributed by atoms with Crippen molar-refractivity contribution in [3.63, 3.8) is 0 Å². The van der Waals surface area contributed by atoms with Gasteiger partial charge in [-0.25, -0.2) is 13.6 Å². The van der Waals surface area contributed by atoms with Crippen LogP contribution in [0.5, 0.6) is 0 Å². The van der Waals surface area contributed by atoms with Crippen LogP contribution < -0.4 is 0 Å². The summed E-state index contributed by atoms with van der Waals surface area (Å²) in [5.41, 5.74) is 0.0799. The second-order valence-corrected chi connectivity index (χ2v) is 8.82. The van der Waals surface area contributed by atoms with Crippen LogP contribution >= 0.6 is 0 Å². The summed E-state index contributed by atoms with van der Waals surface area (Å²) in [6, 6.07) is 3.16. The Bertz CT molecular complexity index is 684. The maximum Gasteiger partial charge on any atom is 0.338 e. The molecule has 2 aliphatic rings. The third-order valence-electron chi connectivity index (χ3n) is 6.76. The first-order chi connectivity index (χ1) is 14.1. The molecule has 1 aromatic rings. The fourth-order valence-corrected chi connectivity index (χ4v) is 4.94. The van der Waals surface area contributed by atoms with E-state index in [0.717, 1.165) is 55.6 Å². The third-order valence-corrected chi connectivity index (χ3v) is 6.76. The van der Waals surface area contributed by atoms with Crippen molar-refractivity contribution in [2.75, 3.05) is 0 Å². The minimum Gasteiger partial charge on any atom is -0.459 e. The lowest BCUT2D eigenvalue weighted by Crippen LogP contribution is -2.29. The average molecular weight is 405 g/mol. The molecule has 3 rings (SSSR count). The fourth-order valence-electron chi connectivity index (χ4n) is 4.94. The Kier molecular flexibility index (Phi) is 8.26. The Morgan fingerprint density at radius 3 is 2.28 bits per heavy atom. The highest BCUT2D eigenvalue weighted by atomic mass is 19.2. The summed E-state index contributed by atoms with van der Waals surface area (Å²) in [5.74, 6) is -0.220. The van der Waals surface area contributed by atoms with Crippen LogP contribution in [0.4, 0.5) is 8.78 Å². The Balaban J connectivity index is 1.39. The van der Waals surface area contributed by atoms with Gasteiger partial charge in [-0.05, 0) is 93.7 Å². The van der Waals surface area contributed by atoms with Gasteiger partial charge in [0.1, 0.15) is 6.10 Å². The Morgan fingerprint density at radius 2 is 1.66 bits per heavy atom. The second kappa shape index (κ2) is 10.9. The van der Waals surface area contributed by atoms with E-state index in [0.29, 0.717) is 0 Å².